The molecule has 3 heteroatoms. The molecule has 0 heterocycles. The summed E-state index contributed by atoms with van der Waals surface area (Å²) < 4.78 is 14.3. The van der Waals surface area contributed by atoms with Crippen molar-refractivity contribution in [3.05, 3.63) is 68.9 Å². The van der Waals surface area contributed by atoms with Crippen molar-refractivity contribution in [2.45, 2.75) is 12.8 Å². The smallest absolute Gasteiger partial charge is 0.142 e. The molecule has 0 radical (unpaired) electrons. The molecule has 0 atom stereocenters. The first kappa shape index (κ1) is 12.6. The van der Waals surface area contributed by atoms with Crippen LogP contribution in [0.25, 0.3) is 0 Å². The third kappa shape index (κ3) is 3.55. The van der Waals surface area contributed by atoms with E-state index in [0.29, 0.717) is 0 Å². The maximum Gasteiger partial charge on any atom is 0.142 e. The van der Waals surface area contributed by atoms with Crippen molar-refractivity contribution in [1.82, 2.24) is 0 Å². The van der Waals surface area contributed by atoms with Crippen molar-refractivity contribution in [1.29, 1.82) is 0 Å². The lowest BCUT2D eigenvalue weighted by atomic mass is 10.0. The molecule has 0 spiro atoms. The molecule has 0 aromatic heterocycles. The third-order valence-electron chi connectivity index (χ3n) is 2.60. The van der Waals surface area contributed by atoms with Crippen molar-refractivity contribution in [2.75, 3.05) is 0 Å². The Hall–Kier alpha value is -0.860. The van der Waals surface area contributed by atoms with Crippen LogP contribution in [0.4, 0.5) is 4.39 Å². The summed E-state index contributed by atoms with van der Waals surface area (Å²) in [6.45, 7) is 0. The zero-order chi connectivity index (χ0) is 12.3. The van der Waals surface area contributed by atoms with Gasteiger partial charge in [-0.3, -0.25) is 0 Å². The van der Waals surface area contributed by atoms with Crippen LogP contribution in [0.2, 0.25) is 5.02 Å². The molecule has 17 heavy (non-hydrogen) atoms. The molecule has 0 saturated carbocycles. The molecule has 0 amide bonds. The van der Waals surface area contributed by atoms with Crippen molar-refractivity contribution in [3.8, 4) is 0 Å². The Kier molecular flexibility index (Phi) is 4.19. The van der Waals surface area contributed by atoms with Gasteiger partial charge in [-0.15, -0.1) is 0 Å². The lowest BCUT2D eigenvalue weighted by molar-refractivity contribution is 0.625. The molecule has 0 bridgehead atoms. The monoisotopic (exact) mass is 312 g/mol. The van der Waals surface area contributed by atoms with Crippen LogP contribution in [-0.2, 0) is 12.8 Å². The number of hydrogen-bond acceptors (Lipinski definition) is 0. The molecule has 0 aliphatic heterocycles. The van der Waals surface area contributed by atoms with E-state index < -0.39 is 0 Å². The topological polar surface area (TPSA) is 0 Å². The molecule has 2 rings (SSSR count). The molecule has 2 aromatic carbocycles. The van der Waals surface area contributed by atoms with Gasteiger partial charge in [-0.25, -0.2) is 4.39 Å². The fourth-order valence-corrected chi connectivity index (χ4v) is 2.02. The Bertz CT molecular complexity index is 508. The molecule has 0 aliphatic carbocycles. The van der Waals surface area contributed by atoms with Crippen LogP contribution in [0.5, 0.6) is 0 Å². The highest BCUT2D eigenvalue weighted by atomic mass is 79.9. The van der Waals surface area contributed by atoms with Crippen LogP contribution in [0.3, 0.4) is 0 Å². The zero-order valence-electron chi connectivity index (χ0n) is 9.09. The summed E-state index contributed by atoms with van der Waals surface area (Å²) in [5, 5.41) is 0.178. The van der Waals surface area contributed by atoms with Gasteiger partial charge in [0.1, 0.15) is 5.82 Å². The highest BCUT2D eigenvalue weighted by molar-refractivity contribution is 9.10. The van der Waals surface area contributed by atoms with Crippen molar-refractivity contribution in [2.24, 2.45) is 0 Å². The molecule has 0 N–H and O–H groups in total. The van der Waals surface area contributed by atoms with Crippen LogP contribution in [0.1, 0.15) is 11.1 Å². The first-order valence-electron chi connectivity index (χ1n) is 5.33. The van der Waals surface area contributed by atoms with Gasteiger partial charge >= 0.3 is 0 Å². The van der Waals surface area contributed by atoms with Gasteiger partial charge in [0, 0.05) is 4.47 Å². The average molecular weight is 314 g/mol. The Morgan fingerprint density at radius 3 is 2.18 bits per heavy atom. The van der Waals surface area contributed by atoms with Crippen molar-refractivity contribution < 1.29 is 4.39 Å². The minimum absolute atomic E-state index is 0.178. The van der Waals surface area contributed by atoms with Crippen LogP contribution in [-0.4, -0.2) is 0 Å². The maximum absolute atomic E-state index is 13.2. The second-order valence-electron chi connectivity index (χ2n) is 3.87. The van der Waals surface area contributed by atoms with Gasteiger partial charge in [0.15, 0.2) is 0 Å². The minimum Gasteiger partial charge on any atom is -0.205 e. The minimum atomic E-state index is -0.347. The fraction of sp³-hybridized carbons (Fsp3) is 0.143. The second kappa shape index (κ2) is 5.65. The van der Waals surface area contributed by atoms with E-state index in [1.165, 1.54) is 11.6 Å². The van der Waals surface area contributed by atoms with E-state index in [1.807, 2.05) is 18.2 Å². The molecular formula is C14H11BrClF. The van der Waals surface area contributed by atoms with Crippen molar-refractivity contribution in [3.63, 3.8) is 0 Å². The Labute approximate surface area is 114 Å². The molecule has 0 aliphatic rings. The van der Waals surface area contributed by atoms with Gasteiger partial charge < -0.3 is 0 Å². The van der Waals surface area contributed by atoms with Crippen LogP contribution in [0, 0.1) is 5.82 Å². The summed E-state index contributed by atoms with van der Waals surface area (Å²) in [7, 11) is 0. The predicted octanol–water partition coefficient (Wildman–Crippen LogP) is 5.03. The van der Waals surface area contributed by atoms with Gasteiger partial charge in [-0.1, -0.05) is 45.7 Å². The second-order valence-corrected chi connectivity index (χ2v) is 5.20. The lowest BCUT2D eigenvalue weighted by Gasteiger charge is -2.03. The molecule has 0 unspecified atom stereocenters. The summed E-state index contributed by atoms with van der Waals surface area (Å²) in [6.07, 6.45) is 1.71. The van der Waals surface area contributed by atoms with E-state index in [9.17, 15) is 4.39 Å². The first-order chi connectivity index (χ1) is 8.15. The highest BCUT2D eigenvalue weighted by Gasteiger charge is 2.01. The lowest BCUT2D eigenvalue weighted by Crippen LogP contribution is -1.92. The van der Waals surface area contributed by atoms with E-state index in [0.717, 1.165) is 22.9 Å². The van der Waals surface area contributed by atoms with Gasteiger partial charge in [-0.05, 0) is 48.2 Å². The molecule has 0 nitrogen and oxygen atoms in total. The van der Waals surface area contributed by atoms with Crippen molar-refractivity contribution >= 4 is 27.5 Å². The number of benzene rings is 2. The SMILES string of the molecule is Fc1cc(CCc2ccc(Br)cc2)ccc1Cl. The number of hydrogen-bond donors (Lipinski definition) is 0. The zero-order valence-corrected chi connectivity index (χ0v) is 11.4. The fourth-order valence-electron chi connectivity index (χ4n) is 1.63. The van der Waals surface area contributed by atoms with E-state index in [-0.39, 0.29) is 10.8 Å². The normalized spacial score (nSPS) is 10.5. The summed E-state index contributed by atoms with van der Waals surface area (Å²) in [4.78, 5) is 0. The molecule has 0 fully saturated rings. The molecule has 0 saturated heterocycles. The Morgan fingerprint density at radius 1 is 0.941 bits per heavy atom. The Morgan fingerprint density at radius 2 is 1.53 bits per heavy atom. The van der Waals surface area contributed by atoms with Crippen LogP contribution >= 0.6 is 27.5 Å². The van der Waals surface area contributed by atoms with Crippen LogP contribution < -0.4 is 0 Å². The van der Waals surface area contributed by atoms with E-state index >= 15 is 0 Å². The summed E-state index contributed by atoms with van der Waals surface area (Å²) >= 11 is 9.03. The quantitative estimate of drug-likeness (QED) is 0.746. The number of halogens is 3. The van der Waals surface area contributed by atoms with Gasteiger partial charge in [0.05, 0.1) is 5.02 Å². The van der Waals surface area contributed by atoms with Gasteiger partial charge in [0.25, 0.3) is 0 Å². The summed E-state index contributed by atoms with van der Waals surface area (Å²) in [6, 6.07) is 13.1. The summed E-state index contributed by atoms with van der Waals surface area (Å²) in [5.74, 6) is -0.347. The Balaban J connectivity index is 2.02. The third-order valence-corrected chi connectivity index (χ3v) is 3.43. The summed E-state index contributed by atoms with van der Waals surface area (Å²) in [5.41, 5.74) is 2.21. The largest absolute Gasteiger partial charge is 0.205 e. The van der Waals surface area contributed by atoms with Crippen LogP contribution in [0.15, 0.2) is 46.9 Å². The molecule has 2 aromatic rings. The van der Waals surface area contributed by atoms with Gasteiger partial charge in [-0.2, -0.15) is 0 Å². The molecular weight excluding hydrogens is 303 g/mol. The van der Waals surface area contributed by atoms with E-state index in [2.05, 4.69) is 28.1 Å². The average Bonchev–Trinajstić information content (AvgIpc) is 2.33. The number of aryl methyl sites for hydroxylation is 2. The predicted molar refractivity (Wildman–Crippen MR) is 73.0 cm³/mol. The molecule has 88 valence electrons. The first-order valence-corrected chi connectivity index (χ1v) is 6.50. The number of rotatable bonds is 3. The standard InChI is InChI=1S/C14H11BrClF/c15-12-6-3-10(4-7-12)1-2-11-5-8-13(16)14(17)9-11/h3-9H,1-2H2. The van der Waals surface area contributed by atoms with E-state index in [1.54, 1.807) is 6.07 Å². The highest BCUT2D eigenvalue weighted by Crippen LogP contribution is 2.17. The van der Waals surface area contributed by atoms with Gasteiger partial charge in [0.2, 0.25) is 0 Å². The van der Waals surface area contributed by atoms with E-state index in [4.69, 9.17) is 11.6 Å². The maximum atomic E-state index is 13.2.